The van der Waals surface area contributed by atoms with Gasteiger partial charge in [0.05, 0.1) is 11.2 Å². The summed E-state index contributed by atoms with van der Waals surface area (Å²) in [5, 5.41) is 14.2. The molecule has 1 N–H and O–H groups in total. The van der Waals surface area contributed by atoms with Crippen LogP contribution in [0.1, 0.15) is 90.5 Å². The zero-order valence-electron chi connectivity index (χ0n) is 23.0. The van der Waals surface area contributed by atoms with Crippen molar-refractivity contribution in [2.45, 2.75) is 108 Å². The quantitative estimate of drug-likeness (QED) is 0.350. The molecule has 2 bridgehead atoms. The zero-order chi connectivity index (χ0) is 25.6. The van der Waals surface area contributed by atoms with Gasteiger partial charge in [0.1, 0.15) is 18.6 Å². The van der Waals surface area contributed by atoms with Crippen molar-refractivity contribution >= 4 is 10.8 Å². The fourth-order valence-corrected chi connectivity index (χ4v) is 9.68. The highest BCUT2D eigenvalue weighted by molar-refractivity contribution is 5.82. The zero-order valence-corrected chi connectivity index (χ0v) is 23.0. The van der Waals surface area contributed by atoms with E-state index in [0.717, 1.165) is 45.1 Å². The number of ether oxygens (including phenoxy) is 1. The lowest BCUT2D eigenvalue weighted by Crippen LogP contribution is -2.62. The SMILES string of the molecule is CC[N+](O)(C(C)C)[C@@H]1CCC2=CC3=CC[C@]4(C)[C@@H](c5ccc6ccncc6c5)CC[C@H]4[C@@]34CC[C@]2(C1)O4. The number of nitrogens with zero attached hydrogens (tertiary/aromatic N) is 2. The molecule has 0 radical (unpaired) electrons. The molecule has 3 aliphatic carbocycles. The number of aromatic nitrogens is 1. The molecule has 3 fully saturated rings. The summed E-state index contributed by atoms with van der Waals surface area (Å²) in [4.78, 5) is 4.39. The number of benzene rings is 1. The molecule has 196 valence electrons. The van der Waals surface area contributed by atoms with E-state index in [1.165, 1.54) is 40.3 Å². The molecule has 1 aromatic heterocycles. The first-order valence-electron chi connectivity index (χ1n) is 14.8. The number of allylic oxidation sites excluding steroid dienone is 1. The van der Waals surface area contributed by atoms with E-state index in [1.54, 1.807) is 0 Å². The molecule has 1 aromatic carbocycles. The van der Waals surface area contributed by atoms with Crippen molar-refractivity contribution in [1.29, 1.82) is 0 Å². The summed E-state index contributed by atoms with van der Waals surface area (Å²) in [6.07, 6.45) is 17.9. The molecule has 1 saturated heterocycles. The van der Waals surface area contributed by atoms with Crippen LogP contribution < -0.4 is 0 Å². The van der Waals surface area contributed by atoms with Crippen molar-refractivity contribution in [1.82, 2.24) is 4.98 Å². The molecule has 2 aromatic rings. The lowest BCUT2D eigenvalue weighted by molar-refractivity contribution is -1.13. The topological polar surface area (TPSA) is 42.4 Å². The van der Waals surface area contributed by atoms with Crippen molar-refractivity contribution in [3.8, 4) is 0 Å². The third-order valence-corrected chi connectivity index (χ3v) is 11.8. The molecule has 7 atom stereocenters. The Labute approximate surface area is 222 Å². The summed E-state index contributed by atoms with van der Waals surface area (Å²) in [5.41, 5.74) is 4.32. The maximum Gasteiger partial charge on any atom is 0.122 e. The van der Waals surface area contributed by atoms with Crippen LogP contribution in [-0.4, -0.2) is 44.7 Å². The van der Waals surface area contributed by atoms with Gasteiger partial charge < -0.3 is 4.74 Å². The van der Waals surface area contributed by atoms with Gasteiger partial charge in [-0.25, -0.2) is 5.21 Å². The fraction of sp³-hybridized carbons (Fsp3) is 0.606. The largest absolute Gasteiger partial charge is 0.359 e. The van der Waals surface area contributed by atoms with Gasteiger partial charge in [0.2, 0.25) is 0 Å². The van der Waals surface area contributed by atoms with E-state index in [4.69, 9.17) is 4.74 Å². The first kappa shape index (κ1) is 24.1. The Bertz CT molecular complexity index is 1310. The third kappa shape index (κ3) is 3.16. The van der Waals surface area contributed by atoms with Gasteiger partial charge in [-0.05, 0) is 111 Å². The molecule has 2 aliphatic heterocycles. The normalized spacial score (nSPS) is 40.0. The summed E-state index contributed by atoms with van der Waals surface area (Å²) in [6.45, 7) is 9.78. The Hall–Kier alpha value is -2.01. The molecule has 3 heterocycles. The molecule has 7 rings (SSSR count). The highest BCUT2D eigenvalue weighted by atomic mass is 16.6. The maximum atomic E-state index is 11.6. The van der Waals surface area contributed by atoms with Crippen LogP contribution in [0.5, 0.6) is 0 Å². The molecule has 1 unspecified atom stereocenters. The van der Waals surface area contributed by atoms with E-state index < -0.39 is 0 Å². The van der Waals surface area contributed by atoms with Crippen LogP contribution in [0.15, 0.2) is 60.0 Å². The molecule has 0 amide bonds. The Morgan fingerprint density at radius 1 is 1.14 bits per heavy atom. The van der Waals surface area contributed by atoms with Crippen LogP contribution in [0.25, 0.3) is 10.8 Å². The van der Waals surface area contributed by atoms with Gasteiger partial charge >= 0.3 is 0 Å². The van der Waals surface area contributed by atoms with E-state index in [9.17, 15) is 5.21 Å². The van der Waals surface area contributed by atoms with Gasteiger partial charge in [-0.2, -0.15) is 4.65 Å². The minimum atomic E-state index is -0.179. The minimum absolute atomic E-state index is 0.152. The predicted octanol–water partition coefficient (Wildman–Crippen LogP) is 7.48. The minimum Gasteiger partial charge on any atom is -0.359 e. The van der Waals surface area contributed by atoms with E-state index in [-0.39, 0.29) is 33.3 Å². The number of fused-ring (bicyclic) bond motifs is 2. The lowest BCUT2D eigenvalue weighted by atomic mass is 9.58. The monoisotopic (exact) mass is 499 g/mol. The molecule has 4 heteroatoms. The summed E-state index contributed by atoms with van der Waals surface area (Å²) in [7, 11) is 0. The van der Waals surface area contributed by atoms with E-state index in [1.807, 2.05) is 12.4 Å². The fourth-order valence-electron chi connectivity index (χ4n) is 9.68. The lowest BCUT2D eigenvalue weighted by Gasteiger charge is -2.55. The summed E-state index contributed by atoms with van der Waals surface area (Å²) in [5.74, 6) is 1.08. The Kier molecular flexibility index (Phi) is 5.20. The van der Waals surface area contributed by atoms with Gasteiger partial charge in [0.15, 0.2) is 0 Å². The van der Waals surface area contributed by atoms with Crippen LogP contribution in [-0.2, 0) is 4.74 Å². The third-order valence-electron chi connectivity index (χ3n) is 11.8. The van der Waals surface area contributed by atoms with Gasteiger partial charge in [0.25, 0.3) is 0 Å². The summed E-state index contributed by atoms with van der Waals surface area (Å²) >= 11 is 0. The van der Waals surface area contributed by atoms with Crippen molar-refractivity contribution < 1.29 is 14.6 Å². The maximum absolute atomic E-state index is 11.6. The average molecular weight is 500 g/mol. The molecule has 37 heavy (non-hydrogen) atoms. The summed E-state index contributed by atoms with van der Waals surface area (Å²) in [6, 6.07) is 9.62. The molecule has 2 spiro atoms. The van der Waals surface area contributed by atoms with Gasteiger partial charge in [-0.1, -0.05) is 31.2 Å². The van der Waals surface area contributed by atoms with Gasteiger partial charge in [-0.15, -0.1) is 0 Å². The second-order valence-electron chi connectivity index (χ2n) is 13.4. The van der Waals surface area contributed by atoms with Crippen LogP contribution in [0.4, 0.5) is 0 Å². The Morgan fingerprint density at radius 2 is 2.00 bits per heavy atom. The second-order valence-corrected chi connectivity index (χ2v) is 13.4. The number of hydroxylamine groups is 3. The molecular weight excluding hydrogens is 456 g/mol. The molecule has 4 nitrogen and oxygen atoms in total. The number of quaternary nitrogens is 1. The molecule has 5 aliphatic rings. The van der Waals surface area contributed by atoms with E-state index in [0.29, 0.717) is 11.8 Å². The van der Waals surface area contributed by atoms with Crippen LogP contribution in [0.3, 0.4) is 0 Å². The van der Waals surface area contributed by atoms with Gasteiger partial charge in [-0.3, -0.25) is 4.98 Å². The molecular formula is C33H43N2O2+. The molecule has 2 saturated carbocycles. The van der Waals surface area contributed by atoms with Crippen LogP contribution in [0, 0.1) is 11.3 Å². The number of rotatable bonds is 4. The highest BCUT2D eigenvalue weighted by Crippen LogP contribution is 2.69. The van der Waals surface area contributed by atoms with Crippen molar-refractivity contribution in [3.63, 3.8) is 0 Å². The Morgan fingerprint density at radius 3 is 2.81 bits per heavy atom. The van der Waals surface area contributed by atoms with Crippen molar-refractivity contribution in [2.24, 2.45) is 11.3 Å². The smallest absolute Gasteiger partial charge is 0.122 e. The second kappa shape index (κ2) is 8.00. The van der Waals surface area contributed by atoms with E-state index in [2.05, 4.69) is 69.1 Å². The number of hydrogen-bond acceptors (Lipinski definition) is 3. The van der Waals surface area contributed by atoms with Crippen LogP contribution >= 0.6 is 0 Å². The van der Waals surface area contributed by atoms with Crippen LogP contribution in [0.2, 0.25) is 0 Å². The predicted molar refractivity (Wildman–Crippen MR) is 147 cm³/mol. The van der Waals surface area contributed by atoms with Crippen molar-refractivity contribution in [2.75, 3.05) is 6.54 Å². The first-order valence-corrected chi connectivity index (χ1v) is 14.8. The standard InChI is InChI=1S/C33H43N2O2/c1-5-35(36,22(2)3)28-9-8-26-19-27-12-14-31(4)29(24-7-6-23-13-17-34-21-25(23)18-24)10-11-30(31)33(27)16-15-32(26,20-28)37-33/h6-7,12-13,17-19,21-22,28-30,36H,5,8-11,14-16,20H2,1-4H3/q+1/t28-,29-,30-,31-,32-,33-,35?/m1/s1. The van der Waals surface area contributed by atoms with E-state index >= 15 is 0 Å². The first-order chi connectivity index (χ1) is 17.7. The Balaban J connectivity index is 1.24. The summed E-state index contributed by atoms with van der Waals surface area (Å²) < 4.78 is 7.67. The highest BCUT2D eigenvalue weighted by Gasteiger charge is 2.67. The number of hydrogen-bond donors (Lipinski definition) is 1. The van der Waals surface area contributed by atoms with Crippen molar-refractivity contribution in [3.05, 3.63) is 65.5 Å². The van der Waals surface area contributed by atoms with Gasteiger partial charge in [0, 0.05) is 30.6 Å². The average Bonchev–Trinajstić information content (AvgIpc) is 3.42. The number of pyridine rings is 1.